The van der Waals surface area contributed by atoms with E-state index in [0.29, 0.717) is 24.6 Å². The van der Waals surface area contributed by atoms with Gasteiger partial charge in [0.15, 0.2) is 5.82 Å². The van der Waals surface area contributed by atoms with Gasteiger partial charge in [-0.2, -0.15) is 15.1 Å². The number of aliphatic hydroxyl groups is 1. The zero-order valence-electron chi connectivity index (χ0n) is 13.3. The number of aromatic nitrogens is 4. The monoisotopic (exact) mass is 340 g/mol. The molecular weight excluding hydrogens is 323 g/mol. The Bertz CT molecular complexity index is 885. The van der Waals surface area contributed by atoms with Crippen molar-refractivity contribution < 1.29 is 9.50 Å². The molecule has 4 rings (SSSR count). The molecule has 0 spiro atoms. The number of nitrogens with two attached hydrogens (primary N) is 1. The number of benzene rings is 1. The van der Waals surface area contributed by atoms with Crippen LogP contribution >= 0.6 is 0 Å². The van der Waals surface area contributed by atoms with Crippen LogP contribution in [0, 0.1) is 5.82 Å². The van der Waals surface area contributed by atoms with Crippen LogP contribution in [-0.2, 0) is 0 Å². The second kappa shape index (κ2) is 6.14. The Morgan fingerprint density at radius 3 is 2.76 bits per heavy atom. The summed E-state index contributed by atoms with van der Waals surface area (Å²) in [5.74, 6) is 0.913. The van der Waals surface area contributed by atoms with Gasteiger partial charge in [0.1, 0.15) is 11.6 Å². The molecule has 1 saturated heterocycles. The van der Waals surface area contributed by atoms with Crippen molar-refractivity contribution in [1.82, 2.24) is 19.7 Å². The lowest BCUT2D eigenvalue weighted by Gasteiger charge is -2.26. The molecular formula is C17H17FN6O. The first-order valence-electron chi connectivity index (χ1n) is 7.95. The number of hydrogen-bond donors (Lipinski definition) is 2. The van der Waals surface area contributed by atoms with Crippen molar-refractivity contribution in [3.63, 3.8) is 0 Å². The van der Waals surface area contributed by atoms with Crippen LogP contribution in [0.25, 0.3) is 5.82 Å². The van der Waals surface area contributed by atoms with Crippen LogP contribution in [0.5, 0.6) is 0 Å². The SMILES string of the molecule is Nc1nc(N2CC(O)CC2c2cccc(F)c2)cc(-n2cccn2)n1. The number of β-amino-alcohol motifs (C(OH)–C–C–N with tert-alkyl or cyclic N) is 1. The standard InChI is InChI=1S/C17H17FN6O/c18-12-4-1-3-11(7-12)14-8-13(25)10-23(14)15-9-16(22-17(19)21-15)24-6-2-5-20-24/h1-7,9,13-14,25H,8,10H2,(H2,19,21,22). The zero-order chi connectivity index (χ0) is 17.4. The van der Waals surface area contributed by atoms with Crippen LogP contribution in [0.3, 0.4) is 0 Å². The van der Waals surface area contributed by atoms with Crippen molar-refractivity contribution >= 4 is 11.8 Å². The molecule has 128 valence electrons. The molecule has 1 aromatic carbocycles. The van der Waals surface area contributed by atoms with Gasteiger partial charge >= 0.3 is 0 Å². The van der Waals surface area contributed by atoms with Gasteiger partial charge in [0.25, 0.3) is 0 Å². The van der Waals surface area contributed by atoms with E-state index in [1.54, 1.807) is 35.3 Å². The molecule has 7 nitrogen and oxygen atoms in total. The van der Waals surface area contributed by atoms with Crippen LogP contribution in [0.15, 0.2) is 48.8 Å². The Balaban J connectivity index is 1.74. The van der Waals surface area contributed by atoms with Gasteiger partial charge in [-0.25, -0.2) is 9.07 Å². The first-order chi connectivity index (χ1) is 12.1. The normalized spacial score (nSPS) is 20.2. The van der Waals surface area contributed by atoms with Gasteiger partial charge in [-0.3, -0.25) is 0 Å². The van der Waals surface area contributed by atoms with E-state index in [1.165, 1.54) is 12.1 Å². The number of halogens is 1. The van der Waals surface area contributed by atoms with Crippen LogP contribution in [-0.4, -0.2) is 37.5 Å². The first-order valence-corrected chi connectivity index (χ1v) is 7.95. The quantitative estimate of drug-likeness (QED) is 0.754. The molecule has 1 fully saturated rings. The maximum absolute atomic E-state index is 13.6. The highest BCUT2D eigenvalue weighted by atomic mass is 19.1. The van der Waals surface area contributed by atoms with Gasteiger partial charge in [-0.1, -0.05) is 12.1 Å². The third-order valence-electron chi connectivity index (χ3n) is 4.26. The summed E-state index contributed by atoms with van der Waals surface area (Å²) in [4.78, 5) is 10.4. The van der Waals surface area contributed by atoms with Crippen LogP contribution in [0.2, 0.25) is 0 Å². The van der Waals surface area contributed by atoms with E-state index >= 15 is 0 Å². The minimum atomic E-state index is -0.530. The van der Waals surface area contributed by atoms with E-state index in [4.69, 9.17) is 5.73 Å². The molecule has 1 aliphatic rings. The van der Waals surface area contributed by atoms with Gasteiger partial charge in [0.05, 0.1) is 12.1 Å². The molecule has 3 aromatic rings. The minimum absolute atomic E-state index is 0.113. The van der Waals surface area contributed by atoms with Crippen molar-refractivity contribution in [2.45, 2.75) is 18.6 Å². The number of hydrogen-bond acceptors (Lipinski definition) is 6. The summed E-state index contributed by atoms with van der Waals surface area (Å²) < 4.78 is 15.2. The highest BCUT2D eigenvalue weighted by molar-refractivity contribution is 5.51. The highest BCUT2D eigenvalue weighted by Crippen LogP contribution is 2.36. The van der Waals surface area contributed by atoms with Gasteiger partial charge in [0, 0.05) is 25.0 Å². The fourth-order valence-electron chi connectivity index (χ4n) is 3.21. The second-order valence-corrected chi connectivity index (χ2v) is 6.01. The highest BCUT2D eigenvalue weighted by Gasteiger charge is 2.33. The van der Waals surface area contributed by atoms with Crippen molar-refractivity contribution in [2.75, 3.05) is 17.2 Å². The summed E-state index contributed by atoms with van der Waals surface area (Å²) in [6.07, 6.45) is 3.36. The van der Waals surface area contributed by atoms with Crippen molar-refractivity contribution in [3.8, 4) is 5.82 Å². The molecule has 8 heteroatoms. The fourth-order valence-corrected chi connectivity index (χ4v) is 3.21. The lowest BCUT2D eigenvalue weighted by molar-refractivity contribution is 0.194. The summed E-state index contributed by atoms with van der Waals surface area (Å²) in [7, 11) is 0. The van der Waals surface area contributed by atoms with E-state index < -0.39 is 6.10 Å². The third kappa shape index (κ3) is 3.03. The second-order valence-electron chi connectivity index (χ2n) is 6.01. The van der Waals surface area contributed by atoms with Gasteiger partial charge in [0.2, 0.25) is 5.95 Å². The van der Waals surface area contributed by atoms with Crippen LogP contribution in [0.1, 0.15) is 18.0 Å². The van der Waals surface area contributed by atoms with E-state index in [2.05, 4.69) is 15.1 Å². The largest absolute Gasteiger partial charge is 0.391 e. The Labute approximate surface area is 143 Å². The molecule has 0 saturated carbocycles. The lowest BCUT2D eigenvalue weighted by Crippen LogP contribution is -2.26. The van der Waals surface area contributed by atoms with Crippen molar-refractivity contribution in [2.24, 2.45) is 0 Å². The van der Waals surface area contributed by atoms with Crippen molar-refractivity contribution in [3.05, 3.63) is 60.2 Å². The maximum atomic E-state index is 13.6. The average Bonchev–Trinajstić information content (AvgIpc) is 3.24. The van der Waals surface area contributed by atoms with E-state index in [0.717, 1.165) is 5.56 Å². The summed E-state index contributed by atoms with van der Waals surface area (Å²) in [6.45, 7) is 0.385. The Hall–Kier alpha value is -3.00. The first kappa shape index (κ1) is 15.5. The van der Waals surface area contributed by atoms with Gasteiger partial charge in [-0.05, 0) is 30.2 Å². The molecule has 0 bridgehead atoms. The zero-order valence-corrected chi connectivity index (χ0v) is 13.3. The minimum Gasteiger partial charge on any atom is -0.391 e. The fraction of sp³-hybridized carbons (Fsp3) is 0.235. The van der Waals surface area contributed by atoms with E-state index in [9.17, 15) is 9.50 Å². The van der Waals surface area contributed by atoms with Crippen molar-refractivity contribution in [1.29, 1.82) is 0 Å². The molecule has 2 aromatic heterocycles. The predicted octanol–water partition coefficient (Wildman–Crippen LogP) is 1.70. The van der Waals surface area contributed by atoms with E-state index in [1.807, 2.05) is 11.0 Å². The number of nitrogens with zero attached hydrogens (tertiary/aromatic N) is 5. The smallest absolute Gasteiger partial charge is 0.224 e. The Morgan fingerprint density at radius 1 is 1.16 bits per heavy atom. The van der Waals surface area contributed by atoms with Gasteiger partial charge < -0.3 is 15.7 Å². The van der Waals surface area contributed by atoms with Gasteiger partial charge in [-0.15, -0.1) is 0 Å². The molecule has 0 aliphatic carbocycles. The third-order valence-corrected chi connectivity index (χ3v) is 4.26. The molecule has 3 heterocycles. The summed E-state index contributed by atoms with van der Waals surface area (Å²) in [6, 6.07) is 9.74. The van der Waals surface area contributed by atoms with Crippen LogP contribution in [0.4, 0.5) is 16.2 Å². The molecule has 0 radical (unpaired) electrons. The number of rotatable bonds is 3. The molecule has 25 heavy (non-hydrogen) atoms. The number of nitrogen functional groups attached to an aromatic ring is 1. The molecule has 3 N–H and O–H groups in total. The summed E-state index contributed by atoms with van der Waals surface area (Å²) in [5.41, 5.74) is 6.65. The maximum Gasteiger partial charge on any atom is 0.224 e. The molecule has 2 atom stereocenters. The Kier molecular flexibility index (Phi) is 3.81. The summed E-state index contributed by atoms with van der Waals surface area (Å²) in [5, 5.41) is 14.3. The molecule has 2 unspecified atom stereocenters. The Morgan fingerprint density at radius 2 is 2.00 bits per heavy atom. The van der Waals surface area contributed by atoms with Crippen LogP contribution < -0.4 is 10.6 Å². The average molecular weight is 340 g/mol. The lowest BCUT2D eigenvalue weighted by atomic mass is 10.0. The van der Waals surface area contributed by atoms with E-state index in [-0.39, 0.29) is 17.8 Å². The molecule has 0 amide bonds. The topological polar surface area (TPSA) is 93.1 Å². The predicted molar refractivity (Wildman–Crippen MR) is 90.7 cm³/mol. The molecule has 1 aliphatic heterocycles. The summed E-state index contributed by atoms with van der Waals surface area (Å²) >= 11 is 0. The number of anilines is 2. The number of aliphatic hydroxyl groups excluding tert-OH is 1.